The summed E-state index contributed by atoms with van der Waals surface area (Å²) in [7, 11) is -3.06. The molecule has 1 rings (SSSR count). The van der Waals surface area contributed by atoms with Gasteiger partial charge in [0.2, 0.25) is 10.0 Å². The second-order valence-electron chi connectivity index (χ2n) is 4.96. The highest BCUT2D eigenvalue weighted by Crippen LogP contribution is 2.10. The van der Waals surface area contributed by atoms with Gasteiger partial charge in [-0.3, -0.25) is 0 Å². The van der Waals surface area contributed by atoms with E-state index in [1.165, 1.54) is 11.1 Å². The van der Waals surface area contributed by atoms with Crippen molar-refractivity contribution >= 4 is 10.0 Å². The van der Waals surface area contributed by atoms with Gasteiger partial charge in [0, 0.05) is 6.54 Å². The van der Waals surface area contributed by atoms with E-state index in [1.807, 2.05) is 0 Å². The monoisotopic (exact) mass is 269 g/mol. The Kier molecular flexibility index (Phi) is 5.82. The van der Waals surface area contributed by atoms with Gasteiger partial charge in [-0.05, 0) is 36.8 Å². The topological polar surface area (TPSA) is 46.2 Å². The fraction of sp³-hybridized carbons (Fsp3) is 0.571. The zero-order chi connectivity index (χ0) is 13.6. The van der Waals surface area contributed by atoms with Crippen LogP contribution in [-0.4, -0.2) is 20.7 Å². The van der Waals surface area contributed by atoms with Gasteiger partial charge in [-0.15, -0.1) is 0 Å². The van der Waals surface area contributed by atoms with Crippen LogP contribution < -0.4 is 4.72 Å². The van der Waals surface area contributed by atoms with Gasteiger partial charge in [0.1, 0.15) is 0 Å². The average molecular weight is 269 g/mol. The van der Waals surface area contributed by atoms with Crippen molar-refractivity contribution in [2.75, 3.05) is 12.3 Å². The Morgan fingerprint density at radius 2 is 1.67 bits per heavy atom. The first kappa shape index (κ1) is 15.2. The van der Waals surface area contributed by atoms with Crippen molar-refractivity contribution in [2.45, 2.75) is 33.6 Å². The molecule has 0 aliphatic carbocycles. The van der Waals surface area contributed by atoms with Crippen LogP contribution in [0.2, 0.25) is 0 Å². The highest BCUT2D eigenvalue weighted by Gasteiger charge is 2.05. The van der Waals surface area contributed by atoms with Gasteiger partial charge in [-0.25, -0.2) is 13.1 Å². The highest BCUT2D eigenvalue weighted by atomic mass is 32.2. The number of sulfonamides is 1. The van der Waals surface area contributed by atoms with E-state index in [2.05, 4.69) is 42.8 Å². The second-order valence-corrected chi connectivity index (χ2v) is 7.06. The van der Waals surface area contributed by atoms with Crippen molar-refractivity contribution in [3.63, 3.8) is 0 Å². The lowest BCUT2D eigenvalue weighted by Crippen LogP contribution is -2.27. The van der Waals surface area contributed by atoms with Crippen LogP contribution in [-0.2, 0) is 22.9 Å². The Morgan fingerprint density at radius 1 is 1.11 bits per heavy atom. The van der Waals surface area contributed by atoms with Crippen molar-refractivity contribution < 1.29 is 8.42 Å². The van der Waals surface area contributed by atoms with Crippen LogP contribution in [0.15, 0.2) is 24.3 Å². The molecule has 1 aromatic rings. The molecule has 0 bridgehead atoms. The van der Waals surface area contributed by atoms with E-state index in [4.69, 9.17) is 0 Å². The maximum Gasteiger partial charge on any atom is 0.211 e. The van der Waals surface area contributed by atoms with E-state index in [9.17, 15) is 8.42 Å². The van der Waals surface area contributed by atoms with E-state index in [-0.39, 0.29) is 5.75 Å². The Bertz CT molecular complexity index is 449. The lowest BCUT2D eigenvalue weighted by Gasteiger charge is -2.07. The third kappa shape index (κ3) is 5.65. The summed E-state index contributed by atoms with van der Waals surface area (Å²) in [6.07, 6.45) is 1.82. The molecule has 4 heteroatoms. The normalized spacial score (nSPS) is 12.0. The quantitative estimate of drug-likeness (QED) is 0.826. The molecule has 102 valence electrons. The van der Waals surface area contributed by atoms with Crippen molar-refractivity contribution in [3.8, 4) is 0 Å². The molecule has 0 aliphatic rings. The van der Waals surface area contributed by atoms with Crippen LogP contribution in [0.3, 0.4) is 0 Å². The molecule has 0 aliphatic heterocycles. The molecule has 0 unspecified atom stereocenters. The number of hydrogen-bond acceptors (Lipinski definition) is 2. The van der Waals surface area contributed by atoms with Crippen LogP contribution in [0.5, 0.6) is 0 Å². The van der Waals surface area contributed by atoms with Crippen LogP contribution in [0.1, 0.15) is 31.9 Å². The molecule has 0 heterocycles. The van der Waals surface area contributed by atoms with Crippen molar-refractivity contribution in [3.05, 3.63) is 35.4 Å². The maximum absolute atomic E-state index is 11.3. The summed E-state index contributed by atoms with van der Waals surface area (Å²) < 4.78 is 25.1. The molecule has 0 radical (unpaired) electrons. The minimum Gasteiger partial charge on any atom is -0.215 e. The third-order valence-corrected chi connectivity index (χ3v) is 4.19. The molecule has 0 amide bonds. The summed E-state index contributed by atoms with van der Waals surface area (Å²) in [6, 6.07) is 8.42. The number of hydrogen-bond donors (Lipinski definition) is 1. The van der Waals surface area contributed by atoms with E-state index >= 15 is 0 Å². The van der Waals surface area contributed by atoms with E-state index < -0.39 is 10.0 Å². The third-order valence-electron chi connectivity index (χ3n) is 2.78. The summed E-state index contributed by atoms with van der Waals surface area (Å²) >= 11 is 0. The SMILES string of the molecule is CCS(=O)(=O)NCCc1ccc(CC(C)C)cc1. The predicted octanol–water partition coefficient (Wildman–Crippen LogP) is 2.37. The zero-order valence-corrected chi connectivity index (χ0v) is 12.3. The fourth-order valence-corrected chi connectivity index (χ4v) is 2.38. The standard InChI is InChI=1S/C14H23NO2S/c1-4-18(16,17)15-10-9-13-5-7-14(8-6-13)11-12(2)3/h5-8,12,15H,4,9-11H2,1-3H3. The summed E-state index contributed by atoms with van der Waals surface area (Å²) in [4.78, 5) is 0. The first-order valence-electron chi connectivity index (χ1n) is 6.48. The minimum absolute atomic E-state index is 0.139. The Morgan fingerprint density at radius 3 is 2.17 bits per heavy atom. The summed E-state index contributed by atoms with van der Waals surface area (Å²) in [5.74, 6) is 0.799. The number of benzene rings is 1. The van der Waals surface area contributed by atoms with Gasteiger partial charge in [0.15, 0.2) is 0 Å². The Balaban J connectivity index is 2.44. The van der Waals surface area contributed by atoms with Crippen LogP contribution in [0.4, 0.5) is 0 Å². The van der Waals surface area contributed by atoms with E-state index in [0.717, 1.165) is 12.8 Å². The van der Waals surface area contributed by atoms with Crippen LogP contribution >= 0.6 is 0 Å². The minimum atomic E-state index is -3.06. The molecule has 0 saturated carbocycles. The molecule has 1 aromatic carbocycles. The molecule has 18 heavy (non-hydrogen) atoms. The molecule has 0 saturated heterocycles. The lowest BCUT2D eigenvalue weighted by molar-refractivity contribution is 0.583. The molecule has 0 fully saturated rings. The molecule has 3 nitrogen and oxygen atoms in total. The van der Waals surface area contributed by atoms with Gasteiger partial charge in [-0.1, -0.05) is 38.1 Å². The Labute approximate surface area is 111 Å². The van der Waals surface area contributed by atoms with Gasteiger partial charge in [0.25, 0.3) is 0 Å². The summed E-state index contributed by atoms with van der Waals surface area (Å²) in [5.41, 5.74) is 2.50. The Hall–Kier alpha value is -0.870. The van der Waals surface area contributed by atoms with E-state index in [0.29, 0.717) is 12.5 Å². The molecule has 1 N–H and O–H groups in total. The van der Waals surface area contributed by atoms with Gasteiger partial charge >= 0.3 is 0 Å². The van der Waals surface area contributed by atoms with Gasteiger partial charge < -0.3 is 0 Å². The zero-order valence-electron chi connectivity index (χ0n) is 11.4. The molecule has 0 atom stereocenters. The lowest BCUT2D eigenvalue weighted by atomic mass is 10.0. The van der Waals surface area contributed by atoms with Gasteiger partial charge in [0.05, 0.1) is 5.75 Å². The second kappa shape index (κ2) is 6.90. The smallest absolute Gasteiger partial charge is 0.211 e. The van der Waals surface area contributed by atoms with E-state index in [1.54, 1.807) is 6.92 Å². The van der Waals surface area contributed by atoms with Gasteiger partial charge in [-0.2, -0.15) is 0 Å². The molecular weight excluding hydrogens is 246 g/mol. The number of rotatable bonds is 7. The summed E-state index contributed by atoms with van der Waals surface area (Å²) in [6.45, 7) is 6.52. The molecule has 0 aromatic heterocycles. The summed E-state index contributed by atoms with van der Waals surface area (Å²) in [5, 5.41) is 0. The van der Waals surface area contributed by atoms with Crippen molar-refractivity contribution in [1.82, 2.24) is 4.72 Å². The first-order chi connectivity index (χ1) is 8.43. The fourth-order valence-electron chi connectivity index (χ4n) is 1.77. The van der Waals surface area contributed by atoms with Crippen LogP contribution in [0, 0.1) is 5.92 Å². The maximum atomic E-state index is 11.3. The molecular formula is C14H23NO2S. The number of nitrogens with one attached hydrogen (secondary N) is 1. The van der Waals surface area contributed by atoms with Crippen LogP contribution in [0.25, 0.3) is 0 Å². The van der Waals surface area contributed by atoms with Crippen molar-refractivity contribution in [1.29, 1.82) is 0 Å². The first-order valence-corrected chi connectivity index (χ1v) is 8.13. The van der Waals surface area contributed by atoms with Crippen molar-refractivity contribution in [2.24, 2.45) is 5.92 Å². The largest absolute Gasteiger partial charge is 0.215 e. The average Bonchev–Trinajstić information content (AvgIpc) is 2.30. The highest BCUT2D eigenvalue weighted by molar-refractivity contribution is 7.89. The predicted molar refractivity (Wildman–Crippen MR) is 76.2 cm³/mol. The molecule has 0 spiro atoms.